The van der Waals surface area contributed by atoms with Gasteiger partial charge in [0.2, 0.25) is 0 Å². The molecular weight excluding hydrogens is 316 g/mol. The first-order chi connectivity index (χ1) is 9.72. The zero-order valence-corrected chi connectivity index (χ0v) is 13.0. The highest BCUT2D eigenvalue weighted by molar-refractivity contribution is 9.10. The normalized spacial score (nSPS) is 11.9. The fourth-order valence-electron chi connectivity index (χ4n) is 1.89. The van der Waals surface area contributed by atoms with Crippen molar-refractivity contribution in [3.63, 3.8) is 0 Å². The molecule has 2 rings (SSSR count). The number of hydrogen-bond acceptors (Lipinski definition) is 2. The third kappa shape index (κ3) is 3.70. The largest absolute Gasteiger partial charge is 0.488 e. The molecule has 0 saturated carbocycles. The van der Waals surface area contributed by atoms with Crippen LogP contribution in [-0.2, 0) is 6.61 Å². The van der Waals surface area contributed by atoms with Crippen LogP contribution in [0.2, 0.25) is 0 Å². The number of ketones is 1. The van der Waals surface area contributed by atoms with Gasteiger partial charge in [-0.1, -0.05) is 65.3 Å². The van der Waals surface area contributed by atoms with Gasteiger partial charge >= 0.3 is 0 Å². The van der Waals surface area contributed by atoms with Gasteiger partial charge in [0.25, 0.3) is 0 Å². The van der Waals surface area contributed by atoms with E-state index in [0.29, 0.717) is 17.9 Å². The molecule has 1 atom stereocenters. The van der Waals surface area contributed by atoms with Gasteiger partial charge in [-0.2, -0.15) is 0 Å². The van der Waals surface area contributed by atoms with E-state index in [-0.39, 0.29) is 10.6 Å². The number of hydrogen-bond donors (Lipinski definition) is 0. The van der Waals surface area contributed by atoms with Crippen LogP contribution in [-0.4, -0.2) is 10.6 Å². The Morgan fingerprint density at radius 2 is 1.75 bits per heavy atom. The van der Waals surface area contributed by atoms with E-state index in [9.17, 15) is 4.79 Å². The lowest BCUT2D eigenvalue weighted by Crippen LogP contribution is -2.14. The summed E-state index contributed by atoms with van der Waals surface area (Å²) in [6, 6.07) is 17.3. The molecule has 0 N–H and O–H groups in total. The Kier molecular flexibility index (Phi) is 5.36. The molecule has 1 unspecified atom stereocenters. The summed E-state index contributed by atoms with van der Waals surface area (Å²) >= 11 is 3.40. The van der Waals surface area contributed by atoms with E-state index in [4.69, 9.17) is 4.74 Å². The first-order valence-corrected chi connectivity index (χ1v) is 7.58. The first kappa shape index (κ1) is 14.8. The van der Waals surface area contributed by atoms with Gasteiger partial charge in [-0.3, -0.25) is 4.79 Å². The summed E-state index contributed by atoms with van der Waals surface area (Å²) in [5, 5.41) is 0. The standard InChI is InChI=1S/C17H17BrO2/c1-2-15(18)17(19)14-10-6-7-11-16(14)20-12-13-8-4-3-5-9-13/h3-11,15H,2,12H2,1H3. The van der Waals surface area contributed by atoms with Crippen LogP contribution < -0.4 is 4.74 Å². The number of alkyl halides is 1. The van der Waals surface area contributed by atoms with Gasteiger partial charge < -0.3 is 4.74 Å². The monoisotopic (exact) mass is 332 g/mol. The van der Waals surface area contributed by atoms with Crippen molar-refractivity contribution in [3.05, 3.63) is 65.7 Å². The molecule has 104 valence electrons. The zero-order chi connectivity index (χ0) is 14.4. The van der Waals surface area contributed by atoms with Crippen molar-refractivity contribution in [3.8, 4) is 5.75 Å². The third-order valence-corrected chi connectivity index (χ3v) is 4.10. The highest BCUT2D eigenvalue weighted by atomic mass is 79.9. The number of carbonyl (C=O) groups is 1. The summed E-state index contributed by atoms with van der Waals surface area (Å²) in [5.74, 6) is 0.704. The zero-order valence-electron chi connectivity index (χ0n) is 11.4. The summed E-state index contributed by atoms with van der Waals surface area (Å²) in [6.07, 6.45) is 0.756. The number of ether oxygens (including phenoxy) is 1. The van der Waals surface area contributed by atoms with Gasteiger partial charge in [-0.15, -0.1) is 0 Å². The molecule has 2 nitrogen and oxygen atoms in total. The maximum atomic E-state index is 12.3. The van der Waals surface area contributed by atoms with Crippen LogP contribution in [0.3, 0.4) is 0 Å². The average molecular weight is 333 g/mol. The summed E-state index contributed by atoms with van der Waals surface area (Å²) < 4.78 is 5.80. The highest BCUT2D eigenvalue weighted by Gasteiger charge is 2.18. The van der Waals surface area contributed by atoms with Crippen LogP contribution in [0.4, 0.5) is 0 Å². The molecule has 0 heterocycles. The number of Topliss-reactive ketones (excluding diaryl/α,β-unsaturated/α-hetero) is 1. The van der Waals surface area contributed by atoms with E-state index in [2.05, 4.69) is 15.9 Å². The SMILES string of the molecule is CCC(Br)C(=O)c1ccccc1OCc1ccccc1. The predicted molar refractivity (Wildman–Crippen MR) is 84.6 cm³/mol. The summed E-state index contributed by atoms with van der Waals surface area (Å²) in [7, 11) is 0. The van der Waals surface area contributed by atoms with Crippen LogP contribution >= 0.6 is 15.9 Å². The Labute approximate surface area is 127 Å². The lowest BCUT2D eigenvalue weighted by molar-refractivity contribution is 0.0986. The van der Waals surface area contributed by atoms with Gasteiger partial charge in [-0.25, -0.2) is 0 Å². The number of para-hydroxylation sites is 1. The molecule has 0 bridgehead atoms. The highest BCUT2D eigenvalue weighted by Crippen LogP contribution is 2.23. The quantitative estimate of drug-likeness (QED) is 0.569. The van der Waals surface area contributed by atoms with Gasteiger partial charge in [0.15, 0.2) is 5.78 Å². The van der Waals surface area contributed by atoms with Gasteiger partial charge in [0.1, 0.15) is 12.4 Å². The number of benzene rings is 2. The molecule has 2 aromatic carbocycles. The smallest absolute Gasteiger partial charge is 0.180 e. The van der Waals surface area contributed by atoms with Gasteiger partial charge in [-0.05, 0) is 24.1 Å². The molecule has 20 heavy (non-hydrogen) atoms. The van der Waals surface area contributed by atoms with E-state index in [1.807, 2.05) is 61.5 Å². The van der Waals surface area contributed by atoms with E-state index in [1.54, 1.807) is 0 Å². The minimum absolute atomic E-state index is 0.0659. The van der Waals surface area contributed by atoms with Crippen LogP contribution in [0, 0.1) is 0 Å². The molecule has 0 aliphatic heterocycles. The second-order valence-corrected chi connectivity index (χ2v) is 5.62. The lowest BCUT2D eigenvalue weighted by Gasteiger charge is -2.12. The van der Waals surface area contributed by atoms with Crippen molar-refractivity contribution in [1.82, 2.24) is 0 Å². The van der Waals surface area contributed by atoms with Crippen molar-refractivity contribution < 1.29 is 9.53 Å². The Hall–Kier alpha value is -1.61. The van der Waals surface area contributed by atoms with E-state index in [0.717, 1.165) is 12.0 Å². The average Bonchev–Trinajstić information content (AvgIpc) is 2.52. The Balaban J connectivity index is 2.14. The summed E-state index contributed by atoms with van der Waals surface area (Å²) in [6.45, 7) is 2.44. The van der Waals surface area contributed by atoms with Crippen molar-refractivity contribution in [2.75, 3.05) is 0 Å². The fourth-order valence-corrected chi connectivity index (χ4v) is 2.13. The molecule has 0 aromatic heterocycles. The Morgan fingerprint density at radius 1 is 1.10 bits per heavy atom. The number of carbonyl (C=O) groups excluding carboxylic acids is 1. The lowest BCUT2D eigenvalue weighted by atomic mass is 10.1. The van der Waals surface area contributed by atoms with E-state index in [1.165, 1.54) is 0 Å². The second kappa shape index (κ2) is 7.25. The minimum Gasteiger partial charge on any atom is -0.488 e. The Bertz CT molecular complexity index is 566. The fraction of sp³-hybridized carbons (Fsp3) is 0.235. The maximum Gasteiger partial charge on any atom is 0.180 e. The van der Waals surface area contributed by atoms with Gasteiger partial charge in [0.05, 0.1) is 10.4 Å². The molecule has 2 aromatic rings. The molecule has 3 heteroatoms. The van der Waals surface area contributed by atoms with Crippen molar-refractivity contribution in [2.45, 2.75) is 24.8 Å². The third-order valence-electron chi connectivity index (χ3n) is 3.03. The number of rotatable bonds is 6. The maximum absolute atomic E-state index is 12.3. The minimum atomic E-state index is -0.163. The molecule has 0 fully saturated rings. The van der Waals surface area contributed by atoms with Gasteiger partial charge in [0, 0.05) is 0 Å². The van der Waals surface area contributed by atoms with Crippen molar-refractivity contribution in [1.29, 1.82) is 0 Å². The molecular formula is C17H17BrO2. The summed E-state index contributed by atoms with van der Waals surface area (Å²) in [4.78, 5) is 12.1. The summed E-state index contributed by atoms with van der Waals surface area (Å²) in [5.41, 5.74) is 1.72. The van der Waals surface area contributed by atoms with Crippen LogP contribution in [0.5, 0.6) is 5.75 Å². The van der Waals surface area contributed by atoms with Crippen LogP contribution in [0.1, 0.15) is 29.3 Å². The molecule has 0 aliphatic carbocycles. The molecule has 0 amide bonds. The molecule has 0 saturated heterocycles. The first-order valence-electron chi connectivity index (χ1n) is 6.66. The number of halogens is 1. The second-order valence-electron chi connectivity index (χ2n) is 4.51. The molecule has 0 aliphatic rings. The predicted octanol–water partition coefficient (Wildman–Crippen LogP) is 4.62. The van der Waals surface area contributed by atoms with E-state index < -0.39 is 0 Å². The topological polar surface area (TPSA) is 26.3 Å². The molecule has 0 spiro atoms. The van der Waals surface area contributed by atoms with E-state index >= 15 is 0 Å². The van der Waals surface area contributed by atoms with Crippen LogP contribution in [0.15, 0.2) is 54.6 Å². The van der Waals surface area contributed by atoms with Crippen molar-refractivity contribution in [2.24, 2.45) is 0 Å². The van der Waals surface area contributed by atoms with Crippen LogP contribution in [0.25, 0.3) is 0 Å². The van der Waals surface area contributed by atoms with Crippen molar-refractivity contribution >= 4 is 21.7 Å². The molecule has 0 radical (unpaired) electrons. The Morgan fingerprint density at radius 3 is 2.45 bits per heavy atom.